The molecule has 0 bridgehead atoms. The molecule has 2 aromatic carbocycles. The third kappa shape index (κ3) is 3.25. The SMILES string of the molecule is COc1ccc2c[c]cc(CC(C)NC(C)=O)c2c1. The normalized spacial score (nSPS) is 12.2. The first-order valence-corrected chi connectivity index (χ1v) is 6.34. The van der Waals surface area contributed by atoms with Crippen LogP contribution in [0.4, 0.5) is 0 Å². The number of carbonyl (C=O) groups is 1. The molecule has 19 heavy (non-hydrogen) atoms. The van der Waals surface area contributed by atoms with Crippen LogP contribution in [0.2, 0.25) is 0 Å². The van der Waals surface area contributed by atoms with Crippen LogP contribution < -0.4 is 10.1 Å². The van der Waals surface area contributed by atoms with Crippen LogP contribution in [0, 0.1) is 6.07 Å². The minimum Gasteiger partial charge on any atom is -0.497 e. The molecule has 3 heteroatoms. The summed E-state index contributed by atoms with van der Waals surface area (Å²) < 4.78 is 5.27. The number of ether oxygens (including phenoxy) is 1. The molecule has 1 amide bonds. The Hall–Kier alpha value is -2.03. The van der Waals surface area contributed by atoms with Crippen LogP contribution in [0.3, 0.4) is 0 Å². The van der Waals surface area contributed by atoms with E-state index >= 15 is 0 Å². The van der Waals surface area contributed by atoms with Gasteiger partial charge in [0, 0.05) is 13.0 Å². The zero-order valence-electron chi connectivity index (χ0n) is 11.5. The van der Waals surface area contributed by atoms with Crippen molar-refractivity contribution in [3.8, 4) is 5.75 Å². The maximum Gasteiger partial charge on any atom is 0.217 e. The molecule has 99 valence electrons. The molecule has 0 fully saturated rings. The largest absolute Gasteiger partial charge is 0.497 e. The van der Waals surface area contributed by atoms with Crippen molar-refractivity contribution in [2.45, 2.75) is 26.3 Å². The van der Waals surface area contributed by atoms with Crippen LogP contribution in [-0.2, 0) is 11.2 Å². The highest BCUT2D eigenvalue weighted by molar-refractivity contribution is 5.87. The Labute approximate surface area is 113 Å². The van der Waals surface area contributed by atoms with E-state index in [0.717, 1.165) is 28.5 Å². The average Bonchev–Trinajstić information content (AvgIpc) is 2.37. The fourth-order valence-electron chi connectivity index (χ4n) is 2.27. The van der Waals surface area contributed by atoms with Crippen molar-refractivity contribution in [3.63, 3.8) is 0 Å². The monoisotopic (exact) mass is 256 g/mol. The highest BCUT2D eigenvalue weighted by atomic mass is 16.5. The Balaban J connectivity index is 2.34. The van der Waals surface area contributed by atoms with Gasteiger partial charge in [-0.3, -0.25) is 4.79 Å². The Bertz CT molecular complexity index is 592. The molecule has 0 aliphatic heterocycles. The molecular weight excluding hydrogens is 238 g/mol. The molecule has 3 nitrogen and oxygen atoms in total. The Morgan fingerprint density at radius 2 is 2.21 bits per heavy atom. The second-order valence-electron chi connectivity index (χ2n) is 4.74. The number of rotatable bonds is 4. The highest BCUT2D eigenvalue weighted by Gasteiger charge is 2.08. The van der Waals surface area contributed by atoms with Gasteiger partial charge in [0.25, 0.3) is 0 Å². The van der Waals surface area contributed by atoms with Gasteiger partial charge in [0.1, 0.15) is 5.75 Å². The van der Waals surface area contributed by atoms with Crippen LogP contribution in [-0.4, -0.2) is 19.1 Å². The summed E-state index contributed by atoms with van der Waals surface area (Å²) in [4.78, 5) is 11.1. The lowest BCUT2D eigenvalue weighted by atomic mass is 9.99. The molecule has 2 rings (SSSR count). The van der Waals surface area contributed by atoms with E-state index in [1.54, 1.807) is 7.11 Å². The summed E-state index contributed by atoms with van der Waals surface area (Å²) in [6.07, 6.45) is 0.778. The van der Waals surface area contributed by atoms with Gasteiger partial charge in [-0.1, -0.05) is 12.1 Å². The number of benzene rings is 2. The minimum absolute atomic E-state index is 0.00528. The molecule has 0 spiro atoms. The molecule has 1 N–H and O–H groups in total. The number of methoxy groups -OCH3 is 1. The molecule has 0 saturated carbocycles. The van der Waals surface area contributed by atoms with E-state index in [4.69, 9.17) is 4.74 Å². The number of carbonyl (C=O) groups excluding carboxylic acids is 1. The molecule has 1 atom stereocenters. The summed E-state index contributed by atoms with van der Waals surface area (Å²) in [7, 11) is 1.66. The van der Waals surface area contributed by atoms with Gasteiger partial charge in [0.2, 0.25) is 5.91 Å². The van der Waals surface area contributed by atoms with Gasteiger partial charge in [-0.15, -0.1) is 0 Å². The zero-order valence-corrected chi connectivity index (χ0v) is 11.5. The second kappa shape index (κ2) is 5.74. The first kappa shape index (κ1) is 13.4. The highest BCUT2D eigenvalue weighted by Crippen LogP contribution is 2.24. The number of amides is 1. The predicted molar refractivity (Wildman–Crippen MR) is 76.3 cm³/mol. The van der Waals surface area contributed by atoms with E-state index in [-0.39, 0.29) is 11.9 Å². The smallest absolute Gasteiger partial charge is 0.217 e. The quantitative estimate of drug-likeness (QED) is 0.913. The van der Waals surface area contributed by atoms with Gasteiger partial charge in [-0.25, -0.2) is 0 Å². The molecule has 0 aliphatic carbocycles. The summed E-state index contributed by atoms with van der Waals surface area (Å²) in [5, 5.41) is 5.18. The molecule has 1 radical (unpaired) electrons. The van der Waals surface area contributed by atoms with Gasteiger partial charge in [0.05, 0.1) is 7.11 Å². The van der Waals surface area contributed by atoms with E-state index in [0.29, 0.717) is 0 Å². The topological polar surface area (TPSA) is 38.3 Å². The molecule has 0 heterocycles. The number of hydrogen-bond donors (Lipinski definition) is 1. The molecule has 0 aliphatic rings. The van der Waals surface area contributed by atoms with Crippen LogP contribution in [0.5, 0.6) is 5.75 Å². The molecule has 0 aromatic heterocycles. The van der Waals surface area contributed by atoms with Gasteiger partial charge in [0.15, 0.2) is 0 Å². The van der Waals surface area contributed by atoms with E-state index in [1.165, 1.54) is 6.92 Å². The van der Waals surface area contributed by atoms with E-state index in [1.807, 2.05) is 37.3 Å². The number of hydrogen-bond acceptors (Lipinski definition) is 2. The third-order valence-corrected chi connectivity index (χ3v) is 3.08. The Morgan fingerprint density at radius 3 is 2.89 bits per heavy atom. The Kier molecular flexibility index (Phi) is 4.05. The first-order valence-electron chi connectivity index (χ1n) is 6.34. The van der Waals surface area contributed by atoms with Crippen LogP contribution in [0.25, 0.3) is 10.8 Å². The predicted octanol–water partition coefficient (Wildman–Crippen LogP) is 2.72. The van der Waals surface area contributed by atoms with E-state index in [9.17, 15) is 4.79 Å². The summed E-state index contributed by atoms with van der Waals surface area (Å²) in [5.74, 6) is 0.835. The fourth-order valence-corrected chi connectivity index (χ4v) is 2.27. The van der Waals surface area contributed by atoms with Gasteiger partial charge in [-0.05, 0) is 53.9 Å². The lowest BCUT2D eigenvalue weighted by molar-refractivity contribution is -0.119. The van der Waals surface area contributed by atoms with E-state index in [2.05, 4.69) is 11.4 Å². The van der Waals surface area contributed by atoms with Gasteiger partial charge < -0.3 is 10.1 Å². The van der Waals surface area contributed by atoms with Crippen molar-refractivity contribution in [1.82, 2.24) is 5.32 Å². The number of fused-ring (bicyclic) bond motifs is 1. The summed E-state index contributed by atoms with van der Waals surface area (Å²) in [6.45, 7) is 3.54. The minimum atomic E-state index is -0.00528. The van der Waals surface area contributed by atoms with E-state index < -0.39 is 0 Å². The van der Waals surface area contributed by atoms with Crippen molar-refractivity contribution in [3.05, 3.63) is 42.0 Å². The molecule has 0 saturated heterocycles. The second-order valence-corrected chi connectivity index (χ2v) is 4.74. The first-order chi connectivity index (χ1) is 9.10. The third-order valence-electron chi connectivity index (χ3n) is 3.08. The van der Waals surface area contributed by atoms with Crippen molar-refractivity contribution < 1.29 is 9.53 Å². The Morgan fingerprint density at radius 1 is 1.42 bits per heavy atom. The lowest BCUT2D eigenvalue weighted by Gasteiger charge is -2.14. The molecular formula is C16H18NO2. The molecule has 1 unspecified atom stereocenters. The van der Waals surface area contributed by atoms with Crippen molar-refractivity contribution in [2.24, 2.45) is 0 Å². The lowest BCUT2D eigenvalue weighted by Crippen LogP contribution is -2.32. The van der Waals surface area contributed by atoms with Crippen molar-refractivity contribution in [1.29, 1.82) is 0 Å². The van der Waals surface area contributed by atoms with Crippen LogP contribution >= 0.6 is 0 Å². The van der Waals surface area contributed by atoms with Crippen molar-refractivity contribution in [2.75, 3.05) is 7.11 Å². The van der Waals surface area contributed by atoms with Crippen LogP contribution in [0.1, 0.15) is 19.4 Å². The van der Waals surface area contributed by atoms with Crippen LogP contribution in [0.15, 0.2) is 30.3 Å². The fraction of sp³-hybridized carbons (Fsp3) is 0.312. The van der Waals surface area contributed by atoms with Gasteiger partial charge in [-0.2, -0.15) is 0 Å². The van der Waals surface area contributed by atoms with Gasteiger partial charge >= 0.3 is 0 Å². The average molecular weight is 256 g/mol. The molecule has 2 aromatic rings. The van der Waals surface area contributed by atoms with Crippen molar-refractivity contribution >= 4 is 16.7 Å². The summed E-state index contributed by atoms with van der Waals surface area (Å²) in [6, 6.07) is 13.2. The number of nitrogens with one attached hydrogen (secondary N) is 1. The zero-order chi connectivity index (χ0) is 13.8. The maximum atomic E-state index is 11.1. The maximum absolute atomic E-state index is 11.1. The summed E-state index contributed by atoms with van der Waals surface area (Å²) >= 11 is 0. The standard InChI is InChI=1S/C16H18NO2/c1-11(17-12(2)18)9-14-6-4-5-13-7-8-15(19-3)10-16(13)14/h5-8,10-11H,9H2,1-3H3,(H,17,18). The summed E-state index contributed by atoms with van der Waals surface area (Å²) in [5.41, 5.74) is 1.16.